The summed E-state index contributed by atoms with van der Waals surface area (Å²) in [6.45, 7) is 11.1. The maximum Gasteiger partial charge on any atom is 0.253 e. The average Bonchev–Trinajstić information content (AvgIpc) is 2.59. The van der Waals surface area contributed by atoms with Crippen LogP contribution in [0.5, 0.6) is 0 Å². The van der Waals surface area contributed by atoms with Crippen molar-refractivity contribution in [1.82, 2.24) is 5.32 Å². The summed E-state index contributed by atoms with van der Waals surface area (Å²) < 4.78 is 0. The van der Waals surface area contributed by atoms with Gasteiger partial charge in [-0.15, -0.1) is 0 Å². The molecule has 2 unspecified atom stereocenters. The molecular weight excluding hydrogens is 304 g/mol. The van der Waals surface area contributed by atoms with E-state index in [-0.39, 0.29) is 0 Å². The van der Waals surface area contributed by atoms with Crippen molar-refractivity contribution in [3.8, 4) is 0 Å². The van der Waals surface area contributed by atoms with E-state index in [0.717, 1.165) is 38.0 Å². The summed E-state index contributed by atoms with van der Waals surface area (Å²) in [4.78, 5) is 23.4. The zero-order valence-electron chi connectivity index (χ0n) is 15.4. The lowest BCUT2D eigenvalue weighted by Gasteiger charge is -2.19. The van der Waals surface area contributed by atoms with E-state index in [1.54, 1.807) is 0 Å². The van der Waals surface area contributed by atoms with Crippen molar-refractivity contribution in [3.05, 3.63) is 32.3 Å². The van der Waals surface area contributed by atoms with Crippen molar-refractivity contribution in [3.63, 3.8) is 0 Å². The first kappa shape index (κ1) is 20.2. The molecule has 6 heteroatoms. The third-order valence-electron chi connectivity index (χ3n) is 4.20. The van der Waals surface area contributed by atoms with E-state index in [1.807, 2.05) is 6.92 Å². The second-order valence-electron chi connectivity index (χ2n) is 6.63. The Balaban J connectivity index is 2.55. The van der Waals surface area contributed by atoms with Crippen molar-refractivity contribution in [1.29, 1.82) is 0 Å². The molecule has 0 spiro atoms. The molecule has 5 N–H and O–H groups in total. The molecule has 0 aliphatic carbocycles. The SMILES string of the molecule is CCCNc1c(N/C(=C/N)CC(C)CNCC(C)CC)c(=O)c1=O. The van der Waals surface area contributed by atoms with Crippen LogP contribution >= 0.6 is 0 Å². The molecule has 0 saturated carbocycles. The first-order valence-corrected chi connectivity index (χ1v) is 8.90. The Bertz CT molecular complexity index is 602. The minimum absolute atomic E-state index is 0.338. The van der Waals surface area contributed by atoms with Gasteiger partial charge in [-0.1, -0.05) is 34.1 Å². The van der Waals surface area contributed by atoms with Crippen molar-refractivity contribution >= 4 is 11.4 Å². The number of hydrogen-bond acceptors (Lipinski definition) is 6. The second kappa shape index (κ2) is 10.1. The molecule has 1 rings (SSSR count). The molecule has 136 valence electrons. The molecule has 0 aromatic heterocycles. The topological polar surface area (TPSA) is 96.2 Å². The van der Waals surface area contributed by atoms with Gasteiger partial charge in [-0.05, 0) is 37.8 Å². The fourth-order valence-corrected chi connectivity index (χ4v) is 2.42. The predicted octanol–water partition coefficient (Wildman–Crippen LogP) is 1.98. The Labute approximate surface area is 144 Å². The largest absolute Gasteiger partial charge is 0.403 e. The van der Waals surface area contributed by atoms with Gasteiger partial charge >= 0.3 is 0 Å². The van der Waals surface area contributed by atoms with Crippen LogP contribution in [0, 0.1) is 11.8 Å². The molecule has 2 atom stereocenters. The van der Waals surface area contributed by atoms with Crippen molar-refractivity contribution in [2.75, 3.05) is 30.3 Å². The van der Waals surface area contributed by atoms with Crippen LogP contribution in [0.2, 0.25) is 0 Å². The Morgan fingerprint density at radius 3 is 2.29 bits per heavy atom. The van der Waals surface area contributed by atoms with Gasteiger partial charge in [0.2, 0.25) is 0 Å². The maximum absolute atomic E-state index is 11.8. The van der Waals surface area contributed by atoms with Crippen molar-refractivity contribution < 1.29 is 0 Å². The first-order valence-electron chi connectivity index (χ1n) is 8.90. The molecule has 1 aromatic carbocycles. The van der Waals surface area contributed by atoms with Gasteiger partial charge in [0.1, 0.15) is 11.4 Å². The molecule has 0 aliphatic heterocycles. The van der Waals surface area contributed by atoms with Crippen LogP contribution in [-0.4, -0.2) is 19.6 Å². The van der Waals surface area contributed by atoms with Crippen LogP contribution in [0.25, 0.3) is 0 Å². The van der Waals surface area contributed by atoms with Crippen LogP contribution in [0.3, 0.4) is 0 Å². The third kappa shape index (κ3) is 5.67. The Hall–Kier alpha value is -1.82. The van der Waals surface area contributed by atoms with Gasteiger partial charge in [0.05, 0.1) is 0 Å². The van der Waals surface area contributed by atoms with Gasteiger partial charge in [0.25, 0.3) is 10.9 Å². The molecule has 1 aromatic rings. The first-order chi connectivity index (χ1) is 11.4. The molecule has 0 aliphatic rings. The van der Waals surface area contributed by atoms with Crippen LogP contribution in [-0.2, 0) is 0 Å². The van der Waals surface area contributed by atoms with E-state index in [4.69, 9.17) is 5.73 Å². The van der Waals surface area contributed by atoms with E-state index in [2.05, 4.69) is 36.7 Å². The molecule has 0 saturated heterocycles. The van der Waals surface area contributed by atoms with Gasteiger partial charge in [-0.3, -0.25) is 9.59 Å². The van der Waals surface area contributed by atoms with Gasteiger partial charge in [-0.2, -0.15) is 0 Å². The van der Waals surface area contributed by atoms with E-state index < -0.39 is 10.9 Å². The van der Waals surface area contributed by atoms with E-state index in [1.165, 1.54) is 6.20 Å². The average molecular weight is 336 g/mol. The van der Waals surface area contributed by atoms with Gasteiger partial charge in [-0.25, -0.2) is 0 Å². The lowest BCUT2D eigenvalue weighted by atomic mass is 10.0. The van der Waals surface area contributed by atoms with Crippen LogP contribution in [0.4, 0.5) is 11.4 Å². The van der Waals surface area contributed by atoms with Crippen LogP contribution in [0.15, 0.2) is 21.5 Å². The number of rotatable bonds is 12. The summed E-state index contributed by atoms with van der Waals surface area (Å²) in [6, 6.07) is 0. The number of hydrogen-bond donors (Lipinski definition) is 4. The Morgan fingerprint density at radius 2 is 1.71 bits per heavy atom. The maximum atomic E-state index is 11.8. The van der Waals surface area contributed by atoms with E-state index in [0.29, 0.717) is 29.8 Å². The summed E-state index contributed by atoms with van der Waals surface area (Å²) in [5.41, 5.74) is 6.24. The number of anilines is 2. The molecule has 0 amide bonds. The number of allylic oxidation sites excluding steroid dienone is 1. The summed E-state index contributed by atoms with van der Waals surface area (Å²) in [6.07, 6.45) is 4.24. The van der Waals surface area contributed by atoms with Gasteiger partial charge in [0.15, 0.2) is 0 Å². The zero-order chi connectivity index (χ0) is 18.1. The summed E-state index contributed by atoms with van der Waals surface area (Å²) >= 11 is 0. The van der Waals surface area contributed by atoms with Crippen LogP contribution in [0.1, 0.15) is 47.0 Å². The standard InChI is InChI=1S/C18H32N4O2/c1-5-7-21-15-16(18(24)17(15)23)22-14(9-19)8-13(4)11-20-10-12(3)6-2/h9,12-13,20-22H,5-8,10-11,19H2,1-4H3/b14-9+. The number of nitrogens with two attached hydrogens (primary N) is 1. The third-order valence-corrected chi connectivity index (χ3v) is 4.20. The molecular formula is C18H32N4O2. The quantitative estimate of drug-likeness (QED) is 0.436. The second-order valence-corrected chi connectivity index (χ2v) is 6.63. The van der Waals surface area contributed by atoms with Gasteiger partial charge in [0, 0.05) is 18.4 Å². The smallest absolute Gasteiger partial charge is 0.253 e. The molecule has 0 bridgehead atoms. The highest BCUT2D eigenvalue weighted by Crippen LogP contribution is 2.19. The highest BCUT2D eigenvalue weighted by molar-refractivity contribution is 5.75. The Kier molecular flexibility index (Phi) is 8.54. The van der Waals surface area contributed by atoms with E-state index in [9.17, 15) is 9.59 Å². The lowest BCUT2D eigenvalue weighted by molar-refractivity contribution is 0.450. The fraction of sp³-hybridized carbons (Fsp3) is 0.667. The van der Waals surface area contributed by atoms with E-state index >= 15 is 0 Å². The minimum atomic E-state index is -0.476. The van der Waals surface area contributed by atoms with Gasteiger partial charge < -0.3 is 21.7 Å². The number of nitrogens with one attached hydrogen (secondary N) is 3. The Morgan fingerprint density at radius 1 is 1.08 bits per heavy atom. The molecule has 24 heavy (non-hydrogen) atoms. The summed E-state index contributed by atoms with van der Waals surface area (Å²) in [5, 5.41) is 9.50. The highest BCUT2D eigenvalue weighted by atomic mass is 16.2. The van der Waals surface area contributed by atoms with Crippen LogP contribution < -0.4 is 32.5 Å². The molecule has 0 fully saturated rings. The lowest BCUT2D eigenvalue weighted by Crippen LogP contribution is -2.37. The monoisotopic (exact) mass is 336 g/mol. The summed E-state index contributed by atoms with van der Waals surface area (Å²) in [5.74, 6) is 1.03. The highest BCUT2D eigenvalue weighted by Gasteiger charge is 2.21. The molecule has 0 radical (unpaired) electrons. The molecule has 6 nitrogen and oxygen atoms in total. The minimum Gasteiger partial charge on any atom is -0.403 e. The van der Waals surface area contributed by atoms with Crippen molar-refractivity contribution in [2.24, 2.45) is 17.6 Å². The molecule has 0 heterocycles. The zero-order valence-corrected chi connectivity index (χ0v) is 15.4. The summed E-state index contributed by atoms with van der Waals surface area (Å²) in [7, 11) is 0. The van der Waals surface area contributed by atoms with Crippen molar-refractivity contribution in [2.45, 2.75) is 47.0 Å². The fourth-order valence-electron chi connectivity index (χ4n) is 2.42. The normalized spacial score (nSPS) is 14.6. The predicted molar refractivity (Wildman–Crippen MR) is 102 cm³/mol.